The highest BCUT2D eigenvalue weighted by molar-refractivity contribution is 7.59. The van der Waals surface area contributed by atoms with Gasteiger partial charge in [0, 0.05) is 48.1 Å². The summed E-state index contributed by atoms with van der Waals surface area (Å²) in [7, 11) is 0. The minimum atomic E-state index is -0.361. The van der Waals surface area contributed by atoms with Gasteiger partial charge in [-0.25, -0.2) is 4.98 Å². The third-order valence-electron chi connectivity index (χ3n) is 7.43. The van der Waals surface area contributed by atoms with E-state index in [1.807, 2.05) is 49.4 Å². The number of hydrogen-bond acceptors (Lipinski definition) is 6. The van der Waals surface area contributed by atoms with Gasteiger partial charge in [-0.3, -0.25) is 19.6 Å². The molecule has 0 spiro atoms. The molecule has 9 nitrogen and oxygen atoms in total. The molecule has 3 heterocycles. The molecule has 3 N–H and O–H groups in total. The number of nitrogens with zero attached hydrogens (tertiary/aromatic N) is 4. The van der Waals surface area contributed by atoms with Gasteiger partial charge in [-0.15, -0.1) is 0 Å². The van der Waals surface area contributed by atoms with Gasteiger partial charge in [-0.2, -0.15) is 23.9 Å². The Hall–Kier alpha value is -3.94. The maximum Gasteiger partial charge on any atom is 0.249 e. The van der Waals surface area contributed by atoms with E-state index in [2.05, 4.69) is 36.8 Å². The average Bonchev–Trinajstić information content (AvgIpc) is 3.54. The van der Waals surface area contributed by atoms with Gasteiger partial charge in [-0.1, -0.05) is 30.3 Å². The van der Waals surface area contributed by atoms with E-state index in [1.165, 1.54) is 18.9 Å². The Morgan fingerprint density at radius 1 is 1.15 bits per heavy atom. The summed E-state index contributed by atoms with van der Waals surface area (Å²) < 4.78 is 0. The molecule has 0 bridgehead atoms. The summed E-state index contributed by atoms with van der Waals surface area (Å²) in [6.07, 6.45) is 10.0. The predicted octanol–water partition coefficient (Wildman–Crippen LogP) is 5.08. The van der Waals surface area contributed by atoms with Crippen LogP contribution in [0.15, 0.2) is 60.8 Å². The Kier molecular flexibility index (Phi) is 9.74. The summed E-state index contributed by atoms with van der Waals surface area (Å²) in [5.74, 6) is 0.849. The topological polar surface area (TPSA) is 127 Å². The molecule has 3 aromatic rings. The fraction of sp³-hybridized carbons (Fsp3) is 0.367. The van der Waals surface area contributed by atoms with Crippen LogP contribution in [0.4, 0.5) is 11.6 Å². The van der Waals surface area contributed by atoms with Crippen molar-refractivity contribution in [3.05, 3.63) is 72.1 Å². The number of nitriles is 1. The van der Waals surface area contributed by atoms with Crippen molar-refractivity contribution in [1.29, 1.82) is 5.26 Å². The molecule has 1 aliphatic carbocycles. The molecule has 208 valence electrons. The molecule has 10 heteroatoms. The smallest absolute Gasteiger partial charge is 0.249 e. The standard InChI is InChI=1S/C30H33N7O2.H2S/c1-20(30(39)34-28-18-26(35-36-28)21-9-10-21)22-5-2-6-23(17-22)24-11-12-27(32-19-24)33-29(38)8-4-16-37-15-3-7-25(37)13-14-31;/h2,4-6,8,11-12,17-21,25H,3,7,9-10,13,15-16H2,1H3,(H,32,33,38)(H2,34,35,36,39);1H2/b8-4+;/t20?,25-;/m0./s1. The van der Waals surface area contributed by atoms with Crippen molar-refractivity contribution in [2.75, 3.05) is 23.7 Å². The molecule has 1 aromatic carbocycles. The van der Waals surface area contributed by atoms with Crippen molar-refractivity contribution in [2.45, 2.75) is 56.9 Å². The van der Waals surface area contributed by atoms with Crippen molar-refractivity contribution in [3.8, 4) is 17.2 Å². The fourth-order valence-corrected chi connectivity index (χ4v) is 4.95. The number of aromatic amines is 1. The zero-order valence-corrected chi connectivity index (χ0v) is 23.6. The molecule has 1 saturated heterocycles. The Morgan fingerprint density at radius 2 is 2.00 bits per heavy atom. The monoisotopic (exact) mass is 557 g/mol. The first kappa shape index (κ1) is 29.1. The minimum absolute atomic E-state index is 0. The van der Waals surface area contributed by atoms with Crippen LogP contribution in [-0.4, -0.2) is 51.0 Å². The van der Waals surface area contributed by atoms with E-state index in [0.29, 0.717) is 30.5 Å². The molecule has 2 aromatic heterocycles. The van der Waals surface area contributed by atoms with E-state index in [4.69, 9.17) is 5.26 Å². The van der Waals surface area contributed by atoms with E-state index in [0.717, 1.165) is 41.8 Å². The SMILES string of the molecule is CC(C(=O)Nc1cc(C2CC2)[nH]n1)c1cccc(-c2ccc(NC(=O)/C=C/CN3CCC[C@H]3CC#N)nc2)c1.S. The summed E-state index contributed by atoms with van der Waals surface area (Å²) in [5, 5.41) is 21.9. The van der Waals surface area contributed by atoms with Crippen LogP contribution in [0.3, 0.4) is 0 Å². The molecule has 40 heavy (non-hydrogen) atoms. The molecular weight excluding hydrogens is 522 g/mol. The van der Waals surface area contributed by atoms with Crippen LogP contribution in [0.25, 0.3) is 11.1 Å². The first-order valence-corrected chi connectivity index (χ1v) is 13.5. The van der Waals surface area contributed by atoms with Crippen molar-refractivity contribution >= 4 is 36.9 Å². The quantitative estimate of drug-likeness (QED) is 0.299. The third-order valence-corrected chi connectivity index (χ3v) is 7.43. The van der Waals surface area contributed by atoms with Crippen LogP contribution in [0.5, 0.6) is 0 Å². The second kappa shape index (κ2) is 13.4. The number of nitrogens with one attached hydrogen (secondary N) is 3. The number of H-pyrrole nitrogens is 1. The van der Waals surface area contributed by atoms with Gasteiger partial charge < -0.3 is 10.6 Å². The third kappa shape index (κ3) is 7.37. The number of benzene rings is 1. The van der Waals surface area contributed by atoms with Crippen LogP contribution >= 0.6 is 13.5 Å². The Bertz CT molecular complexity index is 1390. The average molecular weight is 558 g/mol. The second-order valence-corrected chi connectivity index (χ2v) is 10.3. The lowest BCUT2D eigenvalue weighted by molar-refractivity contribution is -0.117. The van der Waals surface area contributed by atoms with Crippen molar-refractivity contribution in [3.63, 3.8) is 0 Å². The normalized spacial score (nSPS) is 17.6. The van der Waals surface area contributed by atoms with Crippen molar-refractivity contribution < 1.29 is 9.59 Å². The highest BCUT2D eigenvalue weighted by atomic mass is 32.1. The lowest BCUT2D eigenvalue weighted by atomic mass is 9.96. The number of carbonyl (C=O) groups excluding carboxylic acids is 2. The lowest BCUT2D eigenvalue weighted by Gasteiger charge is -2.20. The number of hydrogen-bond donors (Lipinski definition) is 3. The maximum atomic E-state index is 12.9. The molecule has 1 aliphatic heterocycles. The van der Waals surface area contributed by atoms with Gasteiger partial charge in [0.15, 0.2) is 5.82 Å². The predicted molar refractivity (Wildman–Crippen MR) is 160 cm³/mol. The number of anilines is 2. The minimum Gasteiger partial charge on any atom is -0.309 e. The maximum absolute atomic E-state index is 12.9. The zero-order valence-electron chi connectivity index (χ0n) is 22.6. The van der Waals surface area contributed by atoms with E-state index >= 15 is 0 Å². The molecule has 1 unspecified atom stereocenters. The summed E-state index contributed by atoms with van der Waals surface area (Å²) in [6.45, 7) is 3.49. The van der Waals surface area contributed by atoms with E-state index in [9.17, 15) is 9.59 Å². The molecule has 0 radical (unpaired) electrons. The van der Waals surface area contributed by atoms with Crippen LogP contribution in [0.2, 0.25) is 0 Å². The highest BCUT2D eigenvalue weighted by Crippen LogP contribution is 2.39. The number of carbonyl (C=O) groups is 2. The summed E-state index contributed by atoms with van der Waals surface area (Å²) in [6, 6.07) is 15.9. The number of rotatable bonds is 10. The Morgan fingerprint density at radius 3 is 2.75 bits per heavy atom. The van der Waals surface area contributed by atoms with Gasteiger partial charge in [-0.05, 0) is 62.4 Å². The highest BCUT2D eigenvalue weighted by Gasteiger charge is 2.26. The van der Waals surface area contributed by atoms with Gasteiger partial charge in [0.05, 0.1) is 18.4 Å². The second-order valence-electron chi connectivity index (χ2n) is 10.3. The Balaban J connectivity index is 0.00000370. The lowest BCUT2D eigenvalue weighted by Crippen LogP contribution is -2.29. The molecule has 2 aliphatic rings. The van der Waals surface area contributed by atoms with E-state index in [-0.39, 0.29) is 37.3 Å². The molecule has 2 amide bonds. The van der Waals surface area contributed by atoms with Gasteiger partial charge in [0.1, 0.15) is 5.82 Å². The van der Waals surface area contributed by atoms with Crippen molar-refractivity contribution in [1.82, 2.24) is 20.1 Å². The van der Waals surface area contributed by atoms with Gasteiger partial charge in [0.2, 0.25) is 11.8 Å². The molecule has 2 atom stereocenters. The Labute approximate surface area is 241 Å². The van der Waals surface area contributed by atoms with Crippen molar-refractivity contribution in [2.24, 2.45) is 0 Å². The fourth-order valence-electron chi connectivity index (χ4n) is 4.95. The number of likely N-dealkylation sites (tertiary alicyclic amines) is 1. The summed E-state index contributed by atoms with van der Waals surface area (Å²) in [5.41, 5.74) is 3.79. The first-order chi connectivity index (χ1) is 19.0. The summed E-state index contributed by atoms with van der Waals surface area (Å²) in [4.78, 5) is 31.8. The van der Waals surface area contributed by atoms with Gasteiger partial charge in [0.25, 0.3) is 0 Å². The van der Waals surface area contributed by atoms with E-state index < -0.39 is 0 Å². The largest absolute Gasteiger partial charge is 0.309 e. The number of amides is 2. The number of aromatic nitrogens is 3. The van der Waals surface area contributed by atoms with Crippen LogP contribution < -0.4 is 10.6 Å². The van der Waals surface area contributed by atoms with Crippen LogP contribution in [0, 0.1) is 11.3 Å². The van der Waals surface area contributed by atoms with E-state index in [1.54, 1.807) is 12.3 Å². The van der Waals surface area contributed by atoms with Gasteiger partial charge >= 0.3 is 0 Å². The molecular formula is C30H35N7O2S. The first-order valence-electron chi connectivity index (χ1n) is 13.5. The van der Waals surface area contributed by atoms with Crippen LogP contribution in [-0.2, 0) is 9.59 Å². The van der Waals surface area contributed by atoms with Crippen LogP contribution in [0.1, 0.15) is 62.1 Å². The molecule has 5 rings (SSSR count). The zero-order chi connectivity index (χ0) is 27.2. The molecule has 2 fully saturated rings. The number of pyridine rings is 1. The molecule has 1 saturated carbocycles. The summed E-state index contributed by atoms with van der Waals surface area (Å²) >= 11 is 0.